The van der Waals surface area contributed by atoms with Crippen LogP contribution in [0.4, 0.5) is 0 Å². The van der Waals surface area contributed by atoms with E-state index in [1.54, 1.807) is 6.26 Å². The summed E-state index contributed by atoms with van der Waals surface area (Å²) < 4.78 is 4.86. The Balaban J connectivity index is 2.45. The molecular weight excluding hydrogens is 90.1 g/mol. The Morgan fingerprint density at radius 3 is 2.57 bits per heavy atom. The summed E-state index contributed by atoms with van der Waals surface area (Å²) in [6, 6.07) is 0. The Labute approximate surface area is 43.0 Å². The summed E-state index contributed by atoms with van der Waals surface area (Å²) in [5.74, 6) is 0.389. The minimum Gasteiger partial charge on any atom is -0.483 e. The molecule has 0 aromatic carbocycles. The fourth-order valence-electron chi connectivity index (χ4n) is 0.493. The zero-order chi connectivity index (χ0) is 5.28. The fourth-order valence-corrected chi connectivity index (χ4v) is 0.493. The van der Waals surface area contributed by atoms with Crippen LogP contribution in [-0.2, 0) is 4.74 Å². The van der Waals surface area contributed by atoms with Crippen LogP contribution < -0.4 is 5.73 Å². The maximum absolute atomic E-state index is 5.39. The van der Waals surface area contributed by atoms with Gasteiger partial charge in [-0.15, -0.1) is 0 Å². The van der Waals surface area contributed by atoms with E-state index in [0.717, 1.165) is 0 Å². The zero-order valence-electron chi connectivity index (χ0n) is 4.29. The van der Waals surface area contributed by atoms with Gasteiger partial charge in [-0.3, -0.25) is 5.73 Å². The molecule has 1 rings (SSSR count). The van der Waals surface area contributed by atoms with Gasteiger partial charge in [0.2, 0.25) is 0 Å². The molecule has 2 atom stereocenters. The van der Waals surface area contributed by atoms with Crippen LogP contribution in [0.1, 0.15) is 6.92 Å². The number of nitrogens with two attached hydrogens (primary N) is 1. The highest BCUT2D eigenvalue weighted by Crippen LogP contribution is 2.10. The van der Waals surface area contributed by atoms with Gasteiger partial charge in [0.05, 0.1) is 6.26 Å². The molecule has 0 aromatic heterocycles. The minimum absolute atomic E-state index is 0.0972. The lowest BCUT2D eigenvalue weighted by atomic mass is 10.2. The van der Waals surface area contributed by atoms with Crippen molar-refractivity contribution in [2.24, 2.45) is 11.7 Å². The highest BCUT2D eigenvalue weighted by atomic mass is 16.5. The first-order chi connectivity index (χ1) is 3.30. The Kier molecular flexibility index (Phi) is 1.02. The van der Waals surface area contributed by atoms with Crippen molar-refractivity contribution in [1.29, 1.82) is 0 Å². The summed E-state index contributed by atoms with van der Waals surface area (Å²) in [5.41, 5.74) is 5.39. The predicted molar refractivity (Wildman–Crippen MR) is 27.4 cm³/mol. The van der Waals surface area contributed by atoms with Crippen LogP contribution in [-0.4, -0.2) is 6.23 Å². The molecule has 1 aliphatic rings. The zero-order valence-corrected chi connectivity index (χ0v) is 4.29. The number of rotatable bonds is 0. The molecule has 2 nitrogen and oxygen atoms in total. The largest absolute Gasteiger partial charge is 0.483 e. The van der Waals surface area contributed by atoms with Crippen LogP contribution in [0, 0.1) is 5.92 Å². The molecule has 0 spiro atoms. The molecule has 7 heavy (non-hydrogen) atoms. The lowest BCUT2D eigenvalue weighted by Crippen LogP contribution is -2.24. The molecule has 0 saturated carbocycles. The summed E-state index contributed by atoms with van der Waals surface area (Å²) in [6.07, 6.45) is 3.50. The highest BCUT2D eigenvalue weighted by molar-refractivity contribution is 4.90. The van der Waals surface area contributed by atoms with E-state index < -0.39 is 0 Å². The van der Waals surface area contributed by atoms with E-state index in [1.165, 1.54) is 0 Å². The van der Waals surface area contributed by atoms with Gasteiger partial charge >= 0.3 is 0 Å². The number of hydrogen-bond donors (Lipinski definition) is 1. The van der Waals surface area contributed by atoms with E-state index in [1.807, 2.05) is 13.0 Å². The molecule has 0 bridgehead atoms. The molecule has 0 amide bonds. The summed E-state index contributed by atoms with van der Waals surface area (Å²) in [6.45, 7) is 2.02. The molecule has 1 heterocycles. The van der Waals surface area contributed by atoms with Crippen LogP contribution in [0.5, 0.6) is 0 Å². The first-order valence-electron chi connectivity index (χ1n) is 2.38. The average molecular weight is 99.1 g/mol. The molecule has 0 aliphatic carbocycles. The van der Waals surface area contributed by atoms with Gasteiger partial charge in [-0.25, -0.2) is 0 Å². The van der Waals surface area contributed by atoms with Crippen molar-refractivity contribution >= 4 is 0 Å². The van der Waals surface area contributed by atoms with E-state index in [0.29, 0.717) is 5.92 Å². The van der Waals surface area contributed by atoms with Crippen molar-refractivity contribution in [2.45, 2.75) is 13.2 Å². The standard InChI is InChI=1S/C5H9NO/c1-4-2-3-7-5(4)6/h2-5H,6H2,1H3. The Hall–Kier alpha value is -0.500. The van der Waals surface area contributed by atoms with Crippen LogP contribution in [0.15, 0.2) is 12.3 Å². The maximum atomic E-state index is 5.39. The molecular formula is C5H9NO. The van der Waals surface area contributed by atoms with E-state index in [4.69, 9.17) is 10.5 Å². The topological polar surface area (TPSA) is 35.2 Å². The molecule has 2 N–H and O–H groups in total. The lowest BCUT2D eigenvalue weighted by Gasteiger charge is -2.06. The van der Waals surface area contributed by atoms with Gasteiger partial charge in [-0.1, -0.05) is 6.92 Å². The lowest BCUT2D eigenvalue weighted by molar-refractivity contribution is 0.147. The SMILES string of the molecule is CC1C=COC1N. The van der Waals surface area contributed by atoms with Crippen LogP contribution in [0.25, 0.3) is 0 Å². The van der Waals surface area contributed by atoms with Crippen molar-refractivity contribution in [3.8, 4) is 0 Å². The first-order valence-corrected chi connectivity index (χ1v) is 2.38. The van der Waals surface area contributed by atoms with Gasteiger partial charge in [-0.05, 0) is 6.08 Å². The van der Waals surface area contributed by atoms with E-state index >= 15 is 0 Å². The van der Waals surface area contributed by atoms with Gasteiger partial charge in [0.15, 0.2) is 6.23 Å². The van der Waals surface area contributed by atoms with Gasteiger partial charge in [0.1, 0.15) is 0 Å². The third kappa shape index (κ3) is 0.747. The van der Waals surface area contributed by atoms with Gasteiger partial charge in [0.25, 0.3) is 0 Å². The van der Waals surface area contributed by atoms with Crippen molar-refractivity contribution < 1.29 is 4.74 Å². The van der Waals surface area contributed by atoms with E-state index in [9.17, 15) is 0 Å². The second-order valence-corrected chi connectivity index (χ2v) is 1.79. The second-order valence-electron chi connectivity index (χ2n) is 1.79. The van der Waals surface area contributed by atoms with E-state index in [2.05, 4.69) is 0 Å². The number of ether oxygens (including phenoxy) is 1. The summed E-state index contributed by atoms with van der Waals surface area (Å²) in [7, 11) is 0. The van der Waals surface area contributed by atoms with Crippen molar-refractivity contribution in [3.05, 3.63) is 12.3 Å². The Morgan fingerprint density at radius 1 is 1.71 bits per heavy atom. The maximum Gasteiger partial charge on any atom is 0.152 e. The molecule has 0 saturated heterocycles. The van der Waals surface area contributed by atoms with Gasteiger partial charge < -0.3 is 4.74 Å². The van der Waals surface area contributed by atoms with Crippen molar-refractivity contribution in [2.75, 3.05) is 0 Å². The highest BCUT2D eigenvalue weighted by Gasteiger charge is 2.13. The third-order valence-electron chi connectivity index (χ3n) is 1.14. The quantitative estimate of drug-likeness (QED) is 0.478. The molecule has 0 aromatic rings. The van der Waals surface area contributed by atoms with Crippen molar-refractivity contribution in [3.63, 3.8) is 0 Å². The molecule has 2 unspecified atom stereocenters. The normalized spacial score (nSPS) is 38.6. The smallest absolute Gasteiger partial charge is 0.152 e. The fraction of sp³-hybridized carbons (Fsp3) is 0.600. The molecule has 2 heteroatoms. The minimum atomic E-state index is -0.0972. The average Bonchev–Trinajstić information content (AvgIpc) is 1.91. The van der Waals surface area contributed by atoms with Crippen LogP contribution >= 0.6 is 0 Å². The molecule has 0 radical (unpaired) electrons. The Bertz CT molecular complexity index is 90.1. The Morgan fingerprint density at radius 2 is 2.43 bits per heavy atom. The van der Waals surface area contributed by atoms with Crippen molar-refractivity contribution in [1.82, 2.24) is 0 Å². The monoisotopic (exact) mass is 99.1 g/mol. The number of hydrogen-bond acceptors (Lipinski definition) is 2. The van der Waals surface area contributed by atoms with Gasteiger partial charge in [-0.2, -0.15) is 0 Å². The molecule has 0 fully saturated rings. The first kappa shape index (κ1) is 4.65. The third-order valence-corrected chi connectivity index (χ3v) is 1.14. The summed E-state index contributed by atoms with van der Waals surface area (Å²) >= 11 is 0. The van der Waals surface area contributed by atoms with E-state index in [-0.39, 0.29) is 6.23 Å². The molecule has 40 valence electrons. The van der Waals surface area contributed by atoms with Gasteiger partial charge in [0, 0.05) is 5.92 Å². The summed E-state index contributed by atoms with van der Waals surface area (Å²) in [4.78, 5) is 0. The molecule has 1 aliphatic heterocycles. The second kappa shape index (κ2) is 1.54. The predicted octanol–water partition coefficient (Wildman–Crippen LogP) is 0.451. The van der Waals surface area contributed by atoms with Crippen LogP contribution in [0.3, 0.4) is 0 Å². The summed E-state index contributed by atoms with van der Waals surface area (Å²) in [5, 5.41) is 0. The van der Waals surface area contributed by atoms with Crippen LogP contribution in [0.2, 0.25) is 0 Å².